The SMILES string of the molecule is CCN(Cc1ccccc1)c1ccc(/C=N\Nc2cccc(Cl)c2)cc1. The summed E-state index contributed by atoms with van der Waals surface area (Å²) in [6.07, 6.45) is 1.80. The van der Waals surface area contributed by atoms with E-state index < -0.39 is 0 Å². The molecule has 0 aromatic heterocycles. The van der Waals surface area contributed by atoms with E-state index in [0.29, 0.717) is 5.02 Å². The van der Waals surface area contributed by atoms with Gasteiger partial charge >= 0.3 is 0 Å². The highest BCUT2D eigenvalue weighted by Gasteiger charge is 2.05. The van der Waals surface area contributed by atoms with Crippen molar-refractivity contribution >= 4 is 29.2 Å². The predicted octanol–water partition coefficient (Wildman–Crippen LogP) is 5.81. The van der Waals surface area contributed by atoms with Crippen molar-refractivity contribution in [2.24, 2.45) is 5.10 Å². The van der Waals surface area contributed by atoms with Crippen molar-refractivity contribution in [2.45, 2.75) is 13.5 Å². The molecule has 0 saturated carbocycles. The fourth-order valence-electron chi connectivity index (χ4n) is 2.70. The number of hydrazone groups is 1. The van der Waals surface area contributed by atoms with Gasteiger partial charge in [0.2, 0.25) is 0 Å². The van der Waals surface area contributed by atoms with Crippen LogP contribution in [0.2, 0.25) is 5.02 Å². The molecule has 0 heterocycles. The zero-order chi connectivity index (χ0) is 18.2. The largest absolute Gasteiger partial charge is 0.367 e. The van der Waals surface area contributed by atoms with Gasteiger partial charge in [-0.3, -0.25) is 5.43 Å². The molecule has 0 radical (unpaired) electrons. The van der Waals surface area contributed by atoms with Crippen LogP contribution in [0.15, 0.2) is 84.0 Å². The minimum Gasteiger partial charge on any atom is -0.367 e. The molecule has 0 aliphatic carbocycles. The van der Waals surface area contributed by atoms with Gasteiger partial charge in [-0.05, 0) is 48.4 Å². The topological polar surface area (TPSA) is 27.6 Å². The van der Waals surface area contributed by atoms with Crippen molar-refractivity contribution in [1.82, 2.24) is 0 Å². The second kappa shape index (κ2) is 9.07. The number of anilines is 2. The molecule has 0 aliphatic rings. The Hall–Kier alpha value is -2.78. The van der Waals surface area contributed by atoms with Crippen LogP contribution in [0.4, 0.5) is 11.4 Å². The lowest BCUT2D eigenvalue weighted by atomic mass is 10.1. The molecule has 3 nitrogen and oxygen atoms in total. The molecule has 3 aromatic rings. The predicted molar refractivity (Wildman–Crippen MR) is 112 cm³/mol. The Bertz CT molecular complexity index is 845. The van der Waals surface area contributed by atoms with Crippen LogP contribution in [0.5, 0.6) is 0 Å². The lowest BCUT2D eigenvalue weighted by Gasteiger charge is -2.23. The molecule has 0 aliphatic heterocycles. The summed E-state index contributed by atoms with van der Waals surface area (Å²) in [6.45, 7) is 4.03. The summed E-state index contributed by atoms with van der Waals surface area (Å²) in [4.78, 5) is 2.35. The second-order valence-corrected chi connectivity index (χ2v) is 6.41. The molecular formula is C22H22ClN3. The third-order valence-corrected chi connectivity index (χ3v) is 4.32. The Kier molecular flexibility index (Phi) is 6.29. The van der Waals surface area contributed by atoms with Crippen LogP contribution in [0.3, 0.4) is 0 Å². The minimum atomic E-state index is 0.688. The molecule has 0 saturated heterocycles. The van der Waals surface area contributed by atoms with Crippen molar-refractivity contribution in [3.8, 4) is 0 Å². The van der Waals surface area contributed by atoms with Crippen LogP contribution in [-0.2, 0) is 6.54 Å². The van der Waals surface area contributed by atoms with Gasteiger partial charge < -0.3 is 4.90 Å². The number of rotatable bonds is 7. The number of benzene rings is 3. The third-order valence-electron chi connectivity index (χ3n) is 4.09. The van der Waals surface area contributed by atoms with Gasteiger partial charge in [0.05, 0.1) is 11.9 Å². The molecule has 26 heavy (non-hydrogen) atoms. The van der Waals surface area contributed by atoms with Crippen LogP contribution in [-0.4, -0.2) is 12.8 Å². The molecule has 4 heteroatoms. The first-order valence-electron chi connectivity index (χ1n) is 8.68. The molecule has 3 rings (SSSR count). The van der Waals surface area contributed by atoms with Crippen molar-refractivity contribution in [1.29, 1.82) is 0 Å². The molecule has 0 atom stereocenters. The summed E-state index contributed by atoms with van der Waals surface area (Å²) in [5, 5.41) is 4.96. The van der Waals surface area contributed by atoms with Gasteiger partial charge in [0.15, 0.2) is 0 Å². The molecule has 0 unspecified atom stereocenters. The quantitative estimate of drug-likeness (QED) is 0.423. The Labute approximate surface area is 159 Å². The van der Waals surface area contributed by atoms with Gasteiger partial charge in [-0.15, -0.1) is 0 Å². The lowest BCUT2D eigenvalue weighted by Crippen LogP contribution is -2.21. The van der Waals surface area contributed by atoms with Gasteiger partial charge in [0.1, 0.15) is 0 Å². The Morgan fingerprint density at radius 3 is 2.42 bits per heavy atom. The van der Waals surface area contributed by atoms with E-state index in [1.807, 2.05) is 30.3 Å². The standard InChI is InChI=1S/C22H22ClN3/c1-2-26(17-19-7-4-3-5-8-19)22-13-11-18(12-14-22)16-24-25-21-10-6-9-20(23)15-21/h3-16,25H,2,17H2,1H3/b24-16-. The van der Waals surface area contributed by atoms with Crippen molar-refractivity contribution in [2.75, 3.05) is 16.9 Å². The third kappa shape index (κ3) is 5.11. The molecule has 132 valence electrons. The molecule has 0 amide bonds. The van der Waals surface area contributed by atoms with E-state index in [2.05, 4.69) is 70.9 Å². The fourth-order valence-corrected chi connectivity index (χ4v) is 2.89. The normalized spacial score (nSPS) is 10.8. The van der Waals surface area contributed by atoms with Gasteiger partial charge in [-0.1, -0.05) is 60.1 Å². The van der Waals surface area contributed by atoms with E-state index in [9.17, 15) is 0 Å². The highest BCUT2D eigenvalue weighted by molar-refractivity contribution is 6.30. The van der Waals surface area contributed by atoms with E-state index >= 15 is 0 Å². The maximum Gasteiger partial charge on any atom is 0.0576 e. The maximum absolute atomic E-state index is 5.96. The smallest absolute Gasteiger partial charge is 0.0576 e. The number of hydrogen-bond acceptors (Lipinski definition) is 3. The Balaban J connectivity index is 1.62. The first-order valence-corrected chi connectivity index (χ1v) is 9.06. The van der Waals surface area contributed by atoms with Gasteiger partial charge in [0.25, 0.3) is 0 Å². The van der Waals surface area contributed by atoms with E-state index in [4.69, 9.17) is 11.6 Å². The number of hydrogen-bond donors (Lipinski definition) is 1. The maximum atomic E-state index is 5.96. The summed E-state index contributed by atoms with van der Waals surface area (Å²) in [7, 11) is 0. The van der Waals surface area contributed by atoms with Crippen LogP contribution >= 0.6 is 11.6 Å². The van der Waals surface area contributed by atoms with Gasteiger partial charge in [0, 0.05) is 23.8 Å². The first-order chi connectivity index (χ1) is 12.7. The molecule has 1 N–H and O–H groups in total. The molecule has 0 bridgehead atoms. The highest BCUT2D eigenvalue weighted by Crippen LogP contribution is 2.18. The fraction of sp³-hybridized carbons (Fsp3) is 0.136. The molecule has 0 fully saturated rings. The average molecular weight is 364 g/mol. The van der Waals surface area contributed by atoms with Crippen molar-refractivity contribution in [3.05, 3.63) is 95.0 Å². The van der Waals surface area contributed by atoms with Crippen LogP contribution < -0.4 is 10.3 Å². The van der Waals surface area contributed by atoms with Crippen molar-refractivity contribution in [3.63, 3.8) is 0 Å². The molecule has 0 spiro atoms. The highest BCUT2D eigenvalue weighted by atomic mass is 35.5. The number of nitrogens with one attached hydrogen (secondary N) is 1. The second-order valence-electron chi connectivity index (χ2n) is 5.97. The van der Waals surface area contributed by atoms with Gasteiger partial charge in [-0.25, -0.2) is 0 Å². The summed E-state index contributed by atoms with van der Waals surface area (Å²) in [5.74, 6) is 0. The minimum absolute atomic E-state index is 0.688. The van der Waals surface area contributed by atoms with Gasteiger partial charge in [-0.2, -0.15) is 5.10 Å². The summed E-state index contributed by atoms with van der Waals surface area (Å²) in [5.41, 5.74) is 7.41. The lowest BCUT2D eigenvalue weighted by molar-refractivity contribution is 0.832. The van der Waals surface area contributed by atoms with Crippen molar-refractivity contribution < 1.29 is 0 Å². The summed E-state index contributed by atoms with van der Waals surface area (Å²) >= 11 is 5.96. The van der Waals surface area contributed by atoms with E-state index in [1.165, 1.54) is 11.3 Å². The zero-order valence-electron chi connectivity index (χ0n) is 14.8. The van der Waals surface area contributed by atoms with Crippen LogP contribution in [0, 0.1) is 0 Å². The van der Waals surface area contributed by atoms with Crippen LogP contribution in [0.1, 0.15) is 18.1 Å². The molecular weight excluding hydrogens is 342 g/mol. The zero-order valence-corrected chi connectivity index (χ0v) is 15.5. The summed E-state index contributed by atoms with van der Waals surface area (Å²) in [6, 6.07) is 26.4. The van der Waals surface area contributed by atoms with E-state index in [0.717, 1.165) is 24.3 Å². The Morgan fingerprint density at radius 2 is 1.73 bits per heavy atom. The van der Waals surface area contributed by atoms with E-state index in [1.54, 1.807) is 6.21 Å². The van der Waals surface area contributed by atoms with E-state index in [-0.39, 0.29) is 0 Å². The number of halogens is 1. The summed E-state index contributed by atoms with van der Waals surface area (Å²) < 4.78 is 0. The first kappa shape index (κ1) is 18.0. The van der Waals surface area contributed by atoms with Crippen LogP contribution in [0.25, 0.3) is 0 Å². The number of nitrogens with zero attached hydrogens (tertiary/aromatic N) is 2. The Morgan fingerprint density at radius 1 is 0.962 bits per heavy atom. The average Bonchev–Trinajstić information content (AvgIpc) is 2.68. The molecule has 3 aromatic carbocycles. The monoisotopic (exact) mass is 363 g/mol.